The second-order valence-corrected chi connectivity index (χ2v) is 5.32. The fourth-order valence-corrected chi connectivity index (χ4v) is 2.53. The van der Waals surface area contributed by atoms with Crippen LogP contribution < -0.4 is 0 Å². The molecule has 0 aliphatic carbocycles. The molecule has 0 saturated carbocycles. The van der Waals surface area contributed by atoms with Gasteiger partial charge >= 0.3 is 0 Å². The van der Waals surface area contributed by atoms with Crippen LogP contribution >= 0.6 is 11.6 Å². The minimum Gasteiger partial charge on any atom is -0.309 e. The predicted molar refractivity (Wildman–Crippen MR) is 67.7 cm³/mol. The number of rotatable bonds is 6. The second kappa shape index (κ2) is 7.48. The lowest BCUT2D eigenvalue weighted by atomic mass is 9.96. The Labute approximate surface area is 99.6 Å². The van der Waals surface area contributed by atoms with E-state index < -0.39 is 0 Å². The van der Waals surface area contributed by atoms with Gasteiger partial charge in [0.05, 0.1) is 0 Å². The molecule has 1 aliphatic rings. The highest BCUT2D eigenvalue weighted by molar-refractivity contribution is 6.17. The number of hydrogen-bond acceptors (Lipinski definition) is 2. The molecule has 0 bridgehead atoms. The Balaban J connectivity index is 2.07. The van der Waals surface area contributed by atoms with Gasteiger partial charge in [-0.05, 0) is 65.3 Å². The second-order valence-electron chi connectivity index (χ2n) is 4.94. The molecule has 0 spiro atoms. The summed E-state index contributed by atoms with van der Waals surface area (Å²) in [5.74, 6) is 1.74. The van der Waals surface area contributed by atoms with Crippen molar-refractivity contribution in [2.45, 2.75) is 25.7 Å². The van der Waals surface area contributed by atoms with Gasteiger partial charge in [-0.3, -0.25) is 0 Å². The van der Waals surface area contributed by atoms with Gasteiger partial charge in [-0.25, -0.2) is 0 Å². The fraction of sp³-hybridized carbons (Fsp3) is 1.00. The van der Waals surface area contributed by atoms with Crippen molar-refractivity contribution < 1.29 is 0 Å². The molecular formula is C12H25ClN2. The van der Waals surface area contributed by atoms with E-state index >= 15 is 0 Å². The number of alkyl halides is 1. The quantitative estimate of drug-likeness (QED) is 0.512. The minimum atomic E-state index is 0.817. The highest BCUT2D eigenvalue weighted by Crippen LogP contribution is 2.17. The molecule has 1 saturated heterocycles. The molecule has 0 amide bonds. The van der Waals surface area contributed by atoms with E-state index in [1.54, 1.807) is 0 Å². The smallest absolute Gasteiger partial charge is 0.0223 e. The van der Waals surface area contributed by atoms with Crippen LogP contribution in [0.25, 0.3) is 0 Å². The third-order valence-corrected chi connectivity index (χ3v) is 3.46. The van der Waals surface area contributed by atoms with Crippen LogP contribution in [0.1, 0.15) is 25.7 Å². The Kier molecular flexibility index (Phi) is 6.62. The van der Waals surface area contributed by atoms with Crippen molar-refractivity contribution in [3.63, 3.8) is 0 Å². The molecule has 2 nitrogen and oxygen atoms in total. The number of nitrogens with zero attached hydrogens (tertiary/aromatic N) is 2. The average molecular weight is 233 g/mol. The maximum absolute atomic E-state index is 5.68. The van der Waals surface area contributed by atoms with Gasteiger partial charge in [0.25, 0.3) is 0 Å². The minimum absolute atomic E-state index is 0.817. The Morgan fingerprint density at radius 1 is 1.20 bits per heavy atom. The zero-order chi connectivity index (χ0) is 11.1. The largest absolute Gasteiger partial charge is 0.309 e. The van der Waals surface area contributed by atoms with Crippen molar-refractivity contribution in [3.8, 4) is 0 Å². The number of unbranched alkanes of at least 4 members (excludes halogenated alkanes) is 1. The van der Waals surface area contributed by atoms with E-state index in [0.717, 1.165) is 11.8 Å². The normalized spacial score (nSPS) is 20.0. The van der Waals surface area contributed by atoms with Crippen LogP contribution in [-0.2, 0) is 0 Å². The Morgan fingerprint density at radius 3 is 2.40 bits per heavy atom. The summed E-state index contributed by atoms with van der Waals surface area (Å²) in [6, 6.07) is 0. The highest BCUT2D eigenvalue weighted by atomic mass is 35.5. The van der Waals surface area contributed by atoms with Gasteiger partial charge in [-0.1, -0.05) is 0 Å². The molecule has 1 rings (SSSR count). The summed E-state index contributed by atoms with van der Waals surface area (Å²) in [6.07, 6.45) is 5.18. The van der Waals surface area contributed by atoms with E-state index in [2.05, 4.69) is 23.9 Å². The molecular weight excluding hydrogens is 208 g/mol. The number of likely N-dealkylation sites (tertiary alicyclic amines) is 1. The van der Waals surface area contributed by atoms with Crippen LogP contribution in [-0.4, -0.2) is 56.0 Å². The van der Waals surface area contributed by atoms with Gasteiger partial charge in [0, 0.05) is 12.4 Å². The van der Waals surface area contributed by atoms with Crippen LogP contribution in [0.3, 0.4) is 0 Å². The van der Waals surface area contributed by atoms with Crippen molar-refractivity contribution in [2.75, 3.05) is 46.2 Å². The molecule has 1 heterocycles. The predicted octanol–water partition coefficient (Wildman–Crippen LogP) is 2.28. The van der Waals surface area contributed by atoms with E-state index in [1.165, 1.54) is 51.9 Å². The topological polar surface area (TPSA) is 6.48 Å². The van der Waals surface area contributed by atoms with Gasteiger partial charge < -0.3 is 9.80 Å². The lowest BCUT2D eigenvalue weighted by Gasteiger charge is -2.33. The van der Waals surface area contributed by atoms with Gasteiger partial charge in [0.15, 0.2) is 0 Å². The molecule has 1 aliphatic heterocycles. The SMILES string of the molecule is CN(C)CC1CCN(CCCCCl)CC1. The van der Waals surface area contributed by atoms with Gasteiger partial charge in [0.1, 0.15) is 0 Å². The zero-order valence-corrected chi connectivity index (χ0v) is 11.0. The third kappa shape index (κ3) is 5.74. The van der Waals surface area contributed by atoms with E-state index in [4.69, 9.17) is 11.6 Å². The first kappa shape index (κ1) is 13.3. The summed E-state index contributed by atoms with van der Waals surface area (Å²) < 4.78 is 0. The Bertz CT molecular complexity index is 154. The first-order valence-corrected chi connectivity index (χ1v) is 6.69. The molecule has 15 heavy (non-hydrogen) atoms. The van der Waals surface area contributed by atoms with E-state index in [1.807, 2.05) is 0 Å². The van der Waals surface area contributed by atoms with Gasteiger partial charge in [0.2, 0.25) is 0 Å². The van der Waals surface area contributed by atoms with Crippen molar-refractivity contribution in [3.05, 3.63) is 0 Å². The van der Waals surface area contributed by atoms with E-state index in [0.29, 0.717) is 0 Å². The van der Waals surface area contributed by atoms with Crippen LogP contribution in [0.4, 0.5) is 0 Å². The fourth-order valence-electron chi connectivity index (χ4n) is 2.34. The van der Waals surface area contributed by atoms with E-state index in [-0.39, 0.29) is 0 Å². The number of hydrogen-bond donors (Lipinski definition) is 0. The Morgan fingerprint density at radius 2 is 1.87 bits per heavy atom. The van der Waals surface area contributed by atoms with Gasteiger partial charge in [-0.2, -0.15) is 0 Å². The molecule has 0 radical (unpaired) electrons. The summed E-state index contributed by atoms with van der Waals surface area (Å²) in [5, 5.41) is 0. The van der Waals surface area contributed by atoms with Crippen LogP contribution in [0, 0.1) is 5.92 Å². The molecule has 0 aromatic heterocycles. The standard InChI is InChI=1S/C12H25ClN2/c1-14(2)11-12-5-9-15(10-6-12)8-4-3-7-13/h12H,3-11H2,1-2H3. The molecule has 3 heteroatoms. The summed E-state index contributed by atoms with van der Waals surface area (Å²) in [6.45, 7) is 5.10. The van der Waals surface area contributed by atoms with Crippen molar-refractivity contribution >= 4 is 11.6 Å². The van der Waals surface area contributed by atoms with Crippen LogP contribution in [0.2, 0.25) is 0 Å². The maximum Gasteiger partial charge on any atom is 0.0223 e. The van der Waals surface area contributed by atoms with Gasteiger partial charge in [-0.15, -0.1) is 11.6 Å². The molecule has 0 unspecified atom stereocenters. The average Bonchev–Trinajstić information content (AvgIpc) is 2.20. The monoisotopic (exact) mass is 232 g/mol. The third-order valence-electron chi connectivity index (χ3n) is 3.19. The summed E-state index contributed by atoms with van der Waals surface area (Å²) in [7, 11) is 4.35. The highest BCUT2D eigenvalue weighted by Gasteiger charge is 2.18. The lowest BCUT2D eigenvalue weighted by Crippen LogP contribution is -2.37. The van der Waals surface area contributed by atoms with Crippen LogP contribution in [0.5, 0.6) is 0 Å². The molecule has 0 atom stereocenters. The maximum atomic E-state index is 5.68. The van der Waals surface area contributed by atoms with Crippen molar-refractivity contribution in [1.29, 1.82) is 0 Å². The first-order chi connectivity index (χ1) is 7.22. The summed E-state index contributed by atoms with van der Waals surface area (Å²) in [5.41, 5.74) is 0. The van der Waals surface area contributed by atoms with Crippen LogP contribution in [0.15, 0.2) is 0 Å². The molecule has 0 aromatic rings. The molecule has 0 aromatic carbocycles. The van der Waals surface area contributed by atoms with Crippen molar-refractivity contribution in [1.82, 2.24) is 9.80 Å². The summed E-state index contributed by atoms with van der Waals surface area (Å²) in [4.78, 5) is 4.91. The molecule has 90 valence electrons. The Hall–Kier alpha value is 0.210. The molecule has 1 fully saturated rings. The lowest BCUT2D eigenvalue weighted by molar-refractivity contribution is 0.161. The first-order valence-electron chi connectivity index (χ1n) is 6.15. The number of halogens is 1. The van der Waals surface area contributed by atoms with Crippen molar-refractivity contribution in [2.24, 2.45) is 5.92 Å². The molecule has 0 N–H and O–H groups in total. The number of piperidine rings is 1. The summed E-state index contributed by atoms with van der Waals surface area (Å²) >= 11 is 5.68. The van der Waals surface area contributed by atoms with E-state index in [9.17, 15) is 0 Å². The zero-order valence-electron chi connectivity index (χ0n) is 10.2.